The summed E-state index contributed by atoms with van der Waals surface area (Å²) in [6.07, 6.45) is 2.98. The van der Waals surface area contributed by atoms with Gasteiger partial charge in [0.15, 0.2) is 5.72 Å². The maximum absolute atomic E-state index is 6.26. The number of aryl methyl sites for hydroxylation is 1. The minimum atomic E-state index is -0.544. The van der Waals surface area contributed by atoms with E-state index in [-0.39, 0.29) is 11.6 Å². The summed E-state index contributed by atoms with van der Waals surface area (Å²) < 4.78 is 12.0. The summed E-state index contributed by atoms with van der Waals surface area (Å²) in [4.78, 5) is 7.02. The van der Waals surface area contributed by atoms with Gasteiger partial charge in [0, 0.05) is 23.7 Å². The molecule has 0 saturated carbocycles. The Bertz CT molecular complexity index is 852. The second-order valence-electron chi connectivity index (χ2n) is 8.75. The molecule has 2 aromatic rings. The fraction of sp³-hybridized carbons (Fsp3) is 0.435. The van der Waals surface area contributed by atoms with E-state index in [0.717, 1.165) is 23.5 Å². The van der Waals surface area contributed by atoms with Crippen molar-refractivity contribution in [2.75, 3.05) is 13.4 Å². The van der Waals surface area contributed by atoms with Gasteiger partial charge in [0.2, 0.25) is 0 Å². The van der Waals surface area contributed by atoms with Gasteiger partial charge in [-0.25, -0.2) is 0 Å². The summed E-state index contributed by atoms with van der Waals surface area (Å²) in [6, 6.07) is 16.6. The first-order valence-corrected chi connectivity index (χ1v) is 9.84. The van der Waals surface area contributed by atoms with Crippen LogP contribution in [0.4, 0.5) is 0 Å². The molecular weight excluding hydrogens is 350 g/mol. The molecule has 28 heavy (non-hydrogen) atoms. The van der Waals surface area contributed by atoms with Crippen LogP contribution in [0.25, 0.3) is 5.70 Å². The monoisotopic (exact) mass is 379 g/mol. The summed E-state index contributed by atoms with van der Waals surface area (Å²) in [6.45, 7) is 9.58. The molecule has 0 aliphatic carbocycles. The zero-order valence-electron chi connectivity index (χ0n) is 17.1. The molecule has 1 aromatic carbocycles. The molecule has 0 amide bonds. The number of hydrogen-bond donors (Lipinski definition) is 1. The maximum atomic E-state index is 6.26. The molecule has 5 heteroatoms. The number of nitrogens with zero attached hydrogens (tertiary/aromatic N) is 2. The number of hydrogen-bond acceptors (Lipinski definition) is 5. The van der Waals surface area contributed by atoms with E-state index in [1.54, 1.807) is 0 Å². The average molecular weight is 380 g/mol. The molecule has 3 heterocycles. The van der Waals surface area contributed by atoms with Crippen LogP contribution in [0, 0.1) is 12.3 Å². The van der Waals surface area contributed by atoms with Gasteiger partial charge in [-0.05, 0) is 24.6 Å². The lowest BCUT2D eigenvalue weighted by Crippen LogP contribution is -2.59. The summed E-state index contributed by atoms with van der Waals surface area (Å²) >= 11 is 0. The van der Waals surface area contributed by atoms with Crippen molar-refractivity contribution in [3.63, 3.8) is 0 Å². The Kier molecular flexibility index (Phi) is 4.89. The van der Waals surface area contributed by atoms with E-state index in [2.05, 4.69) is 61.5 Å². The van der Waals surface area contributed by atoms with Crippen LogP contribution in [0.1, 0.15) is 37.7 Å². The molecule has 5 nitrogen and oxygen atoms in total. The molecule has 0 spiro atoms. The van der Waals surface area contributed by atoms with Gasteiger partial charge in [0.05, 0.1) is 18.0 Å². The fourth-order valence-electron chi connectivity index (χ4n) is 3.94. The van der Waals surface area contributed by atoms with Crippen LogP contribution in [-0.4, -0.2) is 35.2 Å². The van der Waals surface area contributed by atoms with Gasteiger partial charge in [0.1, 0.15) is 13.0 Å². The summed E-state index contributed by atoms with van der Waals surface area (Å²) in [5.41, 5.74) is 3.65. The average Bonchev–Trinajstić information content (AvgIpc) is 3.30. The van der Waals surface area contributed by atoms with Gasteiger partial charge in [-0.2, -0.15) is 0 Å². The first kappa shape index (κ1) is 19.0. The molecule has 0 bridgehead atoms. The Balaban J connectivity index is 1.73. The highest BCUT2D eigenvalue weighted by atomic mass is 16.7. The highest BCUT2D eigenvalue weighted by Crippen LogP contribution is 2.39. The Hall–Kier alpha value is -2.37. The molecule has 0 radical (unpaired) electrons. The summed E-state index contributed by atoms with van der Waals surface area (Å²) in [5.74, 6) is 0. The smallest absolute Gasteiger partial charge is 0.172 e. The SMILES string of the molecule is Cc1cccc(C2=CN(C3(Cc4ccccc4)COCO3)C(C(C)(C)C)N2)n1. The van der Waals surface area contributed by atoms with Crippen LogP contribution in [0.3, 0.4) is 0 Å². The third kappa shape index (κ3) is 3.64. The molecule has 1 N–H and O–H groups in total. The highest BCUT2D eigenvalue weighted by Gasteiger charge is 2.49. The van der Waals surface area contributed by atoms with E-state index >= 15 is 0 Å². The van der Waals surface area contributed by atoms with E-state index in [1.807, 2.05) is 31.2 Å². The second-order valence-corrected chi connectivity index (χ2v) is 8.75. The number of ether oxygens (including phenoxy) is 2. The molecule has 2 unspecified atom stereocenters. The van der Waals surface area contributed by atoms with Crippen LogP contribution in [0.2, 0.25) is 0 Å². The molecule has 4 rings (SSSR count). The number of nitrogens with one attached hydrogen (secondary N) is 1. The lowest BCUT2D eigenvalue weighted by molar-refractivity contribution is -0.123. The topological polar surface area (TPSA) is 46.6 Å². The van der Waals surface area contributed by atoms with Crippen molar-refractivity contribution in [3.05, 3.63) is 71.7 Å². The van der Waals surface area contributed by atoms with Gasteiger partial charge >= 0.3 is 0 Å². The Labute approximate surface area is 167 Å². The molecule has 1 saturated heterocycles. The first-order chi connectivity index (χ1) is 13.4. The Morgan fingerprint density at radius 3 is 2.57 bits per heavy atom. The standard InChI is InChI=1S/C23H29N3O2/c1-17-9-8-12-19(24-17)20-14-26(21(25-20)22(2,3)4)23(15-27-16-28-23)13-18-10-6-5-7-11-18/h5-12,14,21,25H,13,15-16H2,1-4H3. The summed E-state index contributed by atoms with van der Waals surface area (Å²) in [7, 11) is 0. The fourth-order valence-corrected chi connectivity index (χ4v) is 3.94. The molecular formula is C23H29N3O2. The van der Waals surface area contributed by atoms with Gasteiger partial charge in [0.25, 0.3) is 0 Å². The number of aromatic nitrogens is 1. The lowest BCUT2D eigenvalue weighted by atomic mass is 9.89. The predicted molar refractivity (Wildman–Crippen MR) is 110 cm³/mol. The number of pyridine rings is 1. The Morgan fingerprint density at radius 2 is 1.93 bits per heavy atom. The molecule has 2 aliphatic rings. The zero-order chi connectivity index (χ0) is 19.8. The second kappa shape index (κ2) is 7.22. The van der Waals surface area contributed by atoms with Crippen molar-refractivity contribution in [1.29, 1.82) is 0 Å². The van der Waals surface area contributed by atoms with Gasteiger partial charge < -0.3 is 19.7 Å². The van der Waals surface area contributed by atoms with E-state index in [1.165, 1.54) is 5.56 Å². The predicted octanol–water partition coefficient (Wildman–Crippen LogP) is 3.91. The quantitative estimate of drug-likeness (QED) is 0.873. The lowest BCUT2D eigenvalue weighted by Gasteiger charge is -2.45. The van der Waals surface area contributed by atoms with Crippen molar-refractivity contribution in [2.45, 2.75) is 46.0 Å². The first-order valence-electron chi connectivity index (χ1n) is 9.84. The van der Waals surface area contributed by atoms with Crippen molar-refractivity contribution in [1.82, 2.24) is 15.2 Å². The minimum absolute atomic E-state index is 0.0162. The number of benzene rings is 1. The normalized spacial score (nSPS) is 24.9. The molecule has 1 aromatic heterocycles. The van der Waals surface area contributed by atoms with Crippen molar-refractivity contribution in [3.8, 4) is 0 Å². The molecule has 2 aliphatic heterocycles. The van der Waals surface area contributed by atoms with Crippen LogP contribution in [-0.2, 0) is 15.9 Å². The molecule has 1 fully saturated rings. The zero-order valence-corrected chi connectivity index (χ0v) is 17.1. The van der Waals surface area contributed by atoms with E-state index in [0.29, 0.717) is 13.4 Å². The van der Waals surface area contributed by atoms with Gasteiger partial charge in [-0.15, -0.1) is 0 Å². The van der Waals surface area contributed by atoms with Crippen molar-refractivity contribution in [2.24, 2.45) is 5.41 Å². The van der Waals surface area contributed by atoms with Crippen molar-refractivity contribution < 1.29 is 9.47 Å². The van der Waals surface area contributed by atoms with Gasteiger partial charge in [-0.3, -0.25) is 4.98 Å². The van der Waals surface area contributed by atoms with E-state index in [4.69, 9.17) is 14.5 Å². The third-order valence-corrected chi connectivity index (χ3v) is 5.36. The van der Waals surface area contributed by atoms with Gasteiger partial charge in [-0.1, -0.05) is 57.2 Å². The highest BCUT2D eigenvalue weighted by molar-refractivity contribution is 5.63. The minimum Gasteiger partial charge on any atom is -0.362 e. The van der Waals surface area contributed by atoms with E-state index < -0.39 is 5.72 Å². The van der Waals surface area contributed by atoms with E-state index in [9.17, 15) is 0 Å². The summed E-state index contributed by atoms with van der Waals surface area (Å²) in [5, 5.41) is 3.70. The molecule has 2 atom stereocenters. The van der Waals surface area contributed by atoms with Crippen LogP contribution in [0.5, 0.6) is 0 Å². The van der Waals surface area contributed by atoms with Crippen LogP contribution in [0.15, 0.2) is 54.7 Å². The Morgan fingerprint density at radius 1 is 1.14 bits per heavy atom. The molecule has 148 valence electrons. The largest absolute Gasteiger partial charge is 0.362 e. The maximum Gasteiger partial charge on any atom is 0.172 e. The number of rotatable bonds is 4. The van der Waals surface area contributed by atoms with Crippen LogP contribution >= 0.6 is 0 Å². The van der Waals surface area contributed by atoms with Crippen LogP contribution < -0.4 is 5.32 Å². The van der Waals surface area contributed by atoms with Crippen molar-refractivity contribution >= 4 is 5.70 Å². The third-order valence-electron chi connectivity index (χ3n) is 5.36.